The van der Waals surface area contributed by atoms with Crippen molar-refractivity contribution >= 4 is 19.8 Å². The van der Waals surface area contributed by atoms with Gasteiger partial charge in [0.25, 0.3) is 0 Å². The van der Waals surface area contributed by atoms with Crippen LogP contribution in [0, 0.1) is 11.8 Å². The highest BCUT2D eigenvalue weighted by Crippen LogP contribution is 2.47. The van der Waals surface area contributed by atoms with Gasteiger partial charge in [-0.2, -0.15) is 0 Å². The lowest BCUT2D eigenvalue weighted by atomic mass is 9.82. The van der Waals surface area contributed by atoms with Crippen molar-refractivity contribution in [1.82, 2.24) is 0 Å². The van der Waals surface area contributed by atoms with E-state index in [2.05, 4.69) is 55.5 Å². The number of hydrogen-bond acceptors (Lipinski definition) is 15. The normalized spacial score (nSPS) is 31.9. The molecule has 1 heterocycles. The summed E-state index contributed by atoms with van der Waals surface area (Å²) in [5.41, 5.74) is 0. The van der Waals surface area contributed by atoms with Crippen molar-refractivity contribution in [3.63, 3.8) is 0 Å². The van der Waals surface area contributed by atoms with E-state index in [0.29, 0.717) is 44.9 Å². The van der Waals surface area contributed by atoms with Crippen LogP contribution in [0.15, 0.2) is 60.8 Å². The van der Waals surface area contributed by atoms with E-state index in [0.717, 1.165) is 77.0 Å². The average Bonchev–Trinajstić information content (AvgIpc) is 3.31. The van der Waals surface area contributed by atoms with E-state index in [1.807, 2.05) is 6.92 Å². The molecule has 0 amide bonds. The summed E-state index contributed by atoms with van der Waals surface area (Å²) in [5.74, 6) is -3.92. The predicted octanol–water partition coefficient (Wildman–Crippen LogP) is 6.88. The number of fused-ring (bicyclic) bond motifs is 4. The summed E-state index contributed by atoms with van der Waals surface area (Å²) in [6.07, 6.45) is 15.5. The van der Waals surface area contributed by atoms with Gasteiger partial charge in [0.15, 0.2) is 6.10 Å². The average molecular weight is 987 g/mol. The van der Waals surface area contributed by atoms with Crippen LogP contribution in [-0.4, -0.2) is 132 Å². The first-order valence-electron chi connectivity index (χ1n) is 25.3. The number of allylic oxidation sites excluding steroid dienone is 8. The number of phosphoric acid groups is 1. The van der Waals surface area contributed by atoms with E-state index in [-0.39, 0.29) is 19.3 Å². The summed E-state index contributed by atoms with van der Waals surface area (Å²) in [6.45, 7) is 2.73. The fourth-order valence-corrected chi connectivity index (χ4v) is 9.29. The second-order valence-corrected chi connectivity index (χ2v) is 19.7. The SMILES string of the molecule is CC/C=C\C/C=C\C/C=C\C/C=C\CCCCCCCCC(=O)O[C@@H]1COC(=O)CCCCCC[C@@H]2[C@@H](O)[C@H](O)[C@@H](O)[C@H](OP(=O)(O)OC1)[C@H](O)[C@H](O)[C@@H](/C=C/[C@@H](O)CCCCC)[C@H](O)C[C@@H]2O. The lowest BCUT2D eigenvalue weighted by Gasteiger charge is -2.37. The summed E-state index contributed by atoms with van der Waals surface area (Å²) in [4.78, 5) is 36.6. The number of aliphatic hydroxyl groups excluding tert-OH is 8. The summed E-state index contributed by atoms with van der Waals surface area (Å²) < 4.78 is 34.8. The molecular weight excluding hydrogens is 900 g/mol. The van der Waals surface area contributed by atoms with Crippen LogP contribution < -0.4 is 0 Å². The molecule has 0 aromatic rings. The Morgan fingerprint density at radius 1 is 0.721 bits per heavy atom. The van der Waals surface area contributed by atoms with Gasteiger partial charge in [-0.15, -0.1) is 0 Å². The number of ether oxygens (including phenoxy) is 2. The summed E-state index contributed by atoms with van der Waals surface area (Å²) in [6, 6.07) is 0. The minimum Gasteiger partial charge on any atom is -0.462 e. The lowest BCUT2D eigenvalue weighted by molar-refractivity contribution is -0.167. The van der Waals surface area contributed by atoms with Crippen molar-refractivity contribution in [2.24, 2.45) is 11.8 Å². The standard InChI is InChI=1S/C51H87O16P/c1-3-5-7-8-9-10-11-12-13-14-15-16-17-18-19-20-21-22-28-32-45(56)66-39-36-64-44(55)31-27-24-23-26-30-40-42(53)35-43(54)41(34-33-38(52)29-25-6-4-2)47(58)49(60)51(50(61)48(59)46(40)57)67-68(62,63)65-37-39/h5,7,9-10,12-13,15-16,33-34,38-43,46-54,57-61H,3-4,6,8,11,14,17-32,35-37H2,1-2H3,(H,62,63)/b7-5-,10-9-,13-12-,16-15-,34-33+/t38-,39+,40-,41-,42-,43+,46+,47+,48-,49+,50+,51+/m0/s1. The summed E-state index contributed by atoms with van der Waals surface area (Å²) >= 11 is 0. The van der Waals surface area contributed by atoms with E-state index >= 15 is 0 Å². The number of carbonyl (C=O) groups excluding carboxylic acids is 2. The van der Waals surface area contributed by atoms with Gasteiger partial charge in [-0.3, -0.25) is 18.6 Å². The van der Waals surface area contributed by atoms with Crippen LogP contribution in [0.5, 0.6) is 0 Å². The van der Waals surface area contributed by atoms with Crippen LogP contribution in [0.1, 0.15) is 162 Å². The van der Waals surface area contributed by atoms with Gasteiger partial charge in [-0.25, -0.2) is 4.57 Å². The van der Waals surface area contributed by atoms with Gasteiger partial charge in [-0.05, 0) is 64.2 Å². The second-order valence-electron chi connectivity index (χ2n) is 18.3. The molecule has 1 aliphatic heterocycles. The van der Waals surface area contributed by atoms with Gasteiger partial charge in [0, 0.05) is 31.1 Å². The van der Waals surface area contributed by atoms with Crippen molar-refractivity contribution in [2.45, 2.75) is 223 Å². The van der Waals surface area contributed by atoms with Crippen LogP contribution in [0.2, 0.25) is 0 Å². The molecular formula is C51H87O16P. The Bertz CT molecular complexity index is 1550. The molecule has 392 valence electrons. The molecule has 17 heteroatoms. The number of hydrogen-bond donors (Lipinski definition) is 9. The molecule has 16 nitrogen and oxygen atoms in total. The maximum absolute atomic E-state index is 13.6. The molecule has 2 fully saturated rings. The monoisotopic (exact) mass is 987 g/mol. The first-order valence-corrected chi connectivity index (χ1v) is 26.8. The second kappa shape index (κ2) is 36.4. The predicted molar refractivity (Wildman–Crippen MR) is 260 cm³/mol. The minimum atomic E-state index is -5.44. The Labute approximate surface area is 405 Å². The number of carbonyl (C=O) groups is 2. The largest absolute Gasteiger partial charge is 0.472 e. The Hall–Kier alpha value is -2.57. The smallest absolute Gasteiger partial charge is 0.462 e. The topological polar surface area (TPSA) is 270 Å². The quantitative estimate of drug-likeness (QED) is 0.0218. The van der Waals surface area contributed by atoms with Crippen LogP contribution in [0.4, 0.5) is 0 Å². The third kappa shape index (κ3) is 26.0. The van der Waals surface area contributed by atoms with Gasteiger partial charge in [0.05, 0.1) is 37.1 Å². The number of aliphatic hydroxyl groups is 8. The molecule has 0 radical (unpaired) electrons. The van der Waals surface area contributed by atoms with E-state index < -0.39 is 112 Å². The van der Waals surface area contributed by atoms with E-state index in [4.69, 9.17) is 18.5 Å². The molecule has 2 bridgehead atoms. The molecule has 9 N–H and O–H groups in total. The van der Waals surface area contributed by atoms with Crippen LogP contribution >= 0.6 is 7.82 Å². The van der Waals surface area contributed by atoms with Crippen molar-refractivity contribution in [3.05, 3.63) is 60.8 Å². The molecule has 1 unspecified atom stereocenters. The number of phosphoric ester groups is 1. The number of unbranched alkanes of at least 4 members (excludes halogenated alkanes) is 8. The van der Waals surface area contributed by atoms with Gasteiger partial charge >= 0.3 is 19.8 Å². The molecule has 68 heavy (non-hydrogen) atoms. The van der Waals surface area contributed by atoms with Crippen molar-refractivity contribution in [2.75, 3.05) is 13.2 Å². The highest BCUT2D eigenvalue weighted by Gasteiger charge is 2.49. The first-order chi connectivity index (χ1) is 32.6. The Balaban J connectivity index is 2.10. The van der Waals surface area contributed by atoms with E-state index in [9.17, 15) is 59.9 Å². The van der Waals surface area contributed by atoms with Crippen LogP contribution in [-0.2, 0) is 32.7 Å². The first kappa shape index (κ1) is 61.5. The molecule has 2 aliphatic rings. The van der Waals surface area contributed by atoms with E-state index in [1.165, 1.54) is 12.2 Å². The summed E-state index contributed by atoms with van der Waals surface area (Å²) in [5, 5.41) is 90.4. The minimum absolute atomic E-state index is 0.00243. The fourth-order valence-electron chi connectivity index (χ4n) is 8.31. The zero-order valence-corrected chi connectivity index (χ0v) is 41.6. The van der Waals surface area contributed by atoms with Gasteiger partial charge < -0.3 is 55.2 Å². The number of esters is 2. The lowest BCUT2D eigenvalue weighted by Crippen LogP contribution is -2.55. The van der Waals surface area contributed by atoms with Crippen molar-refractivity contribution < 1.29 is 78.4 Å². The highest BCUT2D eigenvalue weighted by atomic mass is 31.2. The van der Waals surface area contributed by atoms with Crippen molar-refractivity contribution in [1.29, 1.82) is 0 Å². The molecule has 1 saturated carbocycles. The molecule has 2 rings (SSSR count). The van der Waals surface area contributed by atoms with Gasteiger partial charge in [0.2, 0.25) is 0 Å². The molecule has 1 aliphatic carbocycles. The third-order valence-electron chi connectivity index (χ3n) is 12.4. The molecule has 13 atom stereocenters. The molecule has 1 saturated heterocycles. The van der Waals surface area contributed by atoms with Crippen LogP contribution in [0.3, 0.4) is 0 Å². The van der Waals surface area contributed by atoms with Crippen molar-refractivity contribution in [3.8, 4) is 0 Å². The maximum Gasteiger partial charge on any atom is 0.472 e. The molecule has 0 aromatic heterocycles. The maximum atomic E-state index is 13.6. The Morgan fingerprint density at radius 3 is 2.01 bits per heavy atom. The molecule has 0 aromatic carbocycles. The number of rotatable bonds is 23. The molecule has 0 spiro atoms. The third-order valence-corrected chi connectivity index (χ3v) is 13.4. The van der Waals surface area contributed by atoms with Gasteiger partial charge in [-0.1, -0.05) is 139 Å². The zero-order valence-electron chi connectivity index (χ0n) is 40.7. The van der Waals surface area contributed by atoms with Gasteiger partial charge in [0.1, 0.15) is 31.0 Å². The summed E-state index contributed by atoms with van der Waals surface area (Å²) in [7, 11) is -5.44. The Kier molecular flexibility index (Phi) is 32.9. The zero-order chi connectivity index (χ0) is 50.2. The number of cyclic esters (lactones) is 1. The Morgan fingerprint density at radius 2 is 1.34 bits per heavy atom. The van der Waals surface area contributed by atoms with E-state index in [1.54, 1.807) is 0 Å². The van der Waals surface area contributed by atoms with Crippen LogP contribution in [0.25, 0.3) is 0 Å². The highest BCUT2D eigenvalue weighted by molar-refractivity contribution is 7.47. The fraction of sp³-hybridized carbons (Fsp3) is 0.765.